The van der Waals surface area contributed by atoms with Crippen molar-refractivity contribution in [2.45, 2.75) is 24.7 Å². The number of thiophene rings is 1. The van der Waals surface area contributed by atoms with Crippen molar-refractivity contribution < 1.29 is 18.4 Å². The van der Waals surface area contributed by atoms with Gasteiger partial charge in [-0.05, 0) is 55.0 Å². The van der Waals surface area contributed by atoms with Crippen LogP contribution in [0.1, 0.15) is 35.4 Å². The van der Waals surface area contributed by atoms with Gasteiger partial charge in [-0.15, -0.1) is 0 Å². The summed E-state index contributed by atoms with van der Waals surface area (Å²) in [5.41, 5.74) is 0.925. The topological polar surface area (TPSA) is 68.5 Å². The minimum absolute atomic E-state index is 0.0231. The van der Waals surface area contributed by atoms with Gasteiger partial charge in [0.1, 0.15) is 5.82 Å². The molecule has 1 saturated heterocycles. The molecule has 3 aromatic rings. The molecule has 1 atom stereocenters. The van der Waals surface area contributed by atoms with Crippen molar-refractivity contribution >= 4 is 17.2 Å². The Labute approximate surface area is 172 Å². The van der Waals surface area contributed by atoms with E-state index in [1.165, 1.54) is 23.5 Å². The van der Waals surface area contributed by atoms with Crippen molar-refractivity contribution in [1.82, 2.24) is 15.0 Å². The summed E-state index contributed by atoms with van der Waals surface area (Å²) < 4.78 is 24.0. The fraction of sp³-hybridized carbons (Fsp3) is 0.381. The number of aromatic nitrogens is 2. The van der Waals surface area contributed by atoms with Crippen LogP contribution in [0.15, 0.2) is 45.6 Å². The molecule has 8 heteroatoms. The monoisotopic (exact) mass is 415 g/mol. The predicted molar refractivity (Wildman–Crippen MR) is 107 cm³/mol. The predicted octanol–water partition coefficient (Wildman–Crippen LogP) is 4.15. The van der Waals surface area contributed by atoms with Gasteiger partial charge in [-0.25, -0.2) is 4.39 Å². The molecule has 6 nitrogen and oxygen atoms in total. The van der Waals surface area contributed by atoms with Crippen molar-refractivity contribution in [3.63, 3.8) is 0 Å². The number of likely N-dealkylation sites (tertiary alicyclic amines) is 1. The molecule has 0 radical (unpaired) electrons. The number of ether oxygens (including phenoxy) is 1. The summed E-state index contributed by atoms with van der Waals surface area (Å²) in [6, 6.07) is 7.80. The Morgan fingerprint density at radius 2 is 2.17 bits per heavy atom. The van der Waals surface area contributed by atoms with Crippen LogP contribution in [0.2, 0.25) is 0 Å². The highest BCUT2D eigenvalue weighted by molar-refractivity contribution is 7.08. The molecule has 1 fully saturated rings. The lowest BCUT2D eigenvalue weighted by atomic mass is 9.76. The van der Waals surface area contributed by atoms with Gasteiger partial charge in [0.05, 0.1) is 11.0 Å². The largest absolute Gasteiger partial charge is 0.385 e. The van der Waals surface area contributed by atoms with Crippen LogP contribution in [-0.2, 0) is 10.2 Å². The van der Waals surface area contributed by atoms with Crippen LogP contribution in [0.5, 0.6) is 0 Å². The lowest BCUT2D eigenvalue weighted by molar-refractivity contribution is 0.0567. The Bertz CT molecular complexity index is 958. The van der Waals surface area contributed by atoms with E-state index in [2.05, 4.69) is 10.1 Å². The Morgan fingerprint density at radius 3 is 2.90 bits per heavy atom. The first-order chi connectivity index (χ1) is 14.1. The number of hydrogen-bond donors (Lipinski definition) is 0. The van der Waals surface area contributed by atoms with Gasteiger partial charge in [0, 0.05) is 37.7 Å². The summed E-state index contributed by atoms with van der Waals surface area (Å²) in [7, 11) is 1.66. The fourth-order valence-electron chi connectivity index (χ4n) is 3.82. The van der Waals surface area contributed by atoms with Crippen LogP contribution in [0.4, 0.5) is 4.39 Å². The first-order valence-electron chi connectivity index (χ1n) is 9.52. The molecular weight excluding hydrogens is 393 g/mol. The summed E-state index contributed by atoms with van der Waals surface area (Å²) in [6.07, 6.45) is 2.37. The quantitative estimate of drug-likeness (QED) is 0.605. The zero-order valence-corrected chi connectivity index (χ0v) is 17.0. The average molecular weight is 415 g/mol. The Kier molecular flexibility index (Phi) is 5.73. The van der Waals surface area contributed by atoms with Crippen LogP contribution >= 0.6 is 11.3 Å². The Balaban J connectivity index is 1.63. The summed E-state index contributed by atoms with van der Waals surface area (Å²) in [5.74, 6) is 0.615. The average Bonchev–Trinajstić information content (AvgIpc) is 3.45. The molecule has 152 valence electrons. The molecule has 0 N–H and O–H groups in total. The van der Waals surface area contributed by atoms with Crippen LogP contribution < -0.4 is 0 Å². The number of carbonyl (C=O) groups is 1. The van der Waals surface area contributed by atoms with Crippen molar-refractivity contribution in [1.29, 1.82) is 0 Å². The van der Waals surface area contributed by atoms with Crippen molar-refractivity contribution in [2.75, 3.05) is 26.8 Å². The van der Waals surface area contributed by atoms with Crippen molar-refractivity contribution in [3.8, 4) is 11.5 Å². The maximum Gasteiger partial charge on any atom is 0.257 e. The van der Waals surface area contributed by atoms with E-state index in [4.69, 9.17) is 9.26 Å². The molecular formula is C21H22FN3O3S. The molecule has 0 spiro atoms. The zero-order chi connectivity index (χ0) is 20.3. The SMILES string of the molecule is COCCC1(c2noc(-c3ccc(F)cc3)n2)CCCN(C(=O)c2ccsc2)C1. The second kappa shape index (κ2) is 8.42. The highest BCUT2D eigenvalue weighted by Gasteiger charge is 2.42. The van der Waals surface area contributed by atoms with Gasteiger partial charge in [0.15, 0.2) is 5.82 Å². The van der Waals surface area contributed by atoms with Gasteiger partial charge in [0.25, 0.3) is 11.8 Å². The van der Waals surface area contributed by atoms with E-state index in [-0.39, 0.29) is 11.7 Å². The third kappa shape index (κ3) is 4.09. The van der Waals surface area contributed by atoms with Gasteiger partial charge in [-0.3, -0.25) is 4.79 Å². The second-order valence-corrected chi connectivity index (χ2v) is 8.08. The third-order valence-corrected chi connectivity index (χ3v) is 6.09. The van der Waals surface area contributed by atoms with E-state index < -0.39 is 5.41 Å². The number of amides is 1. The van der Waals surface area contributed by atoms with Crippen LogP contribution in [0, 0.1) is 5.82 Å². The number of methoxy groups -OCH3 is 1. The number of halogens is 1. The molecule has 29 heavy (non-hydrogen) atoms. The van der Waals surface area contributed by atoms with E-state index in [1.807, 2.05) is 21.7 Å². The number of benzene rings is 1. The highest BCUT2D eigenvalue weighted by Crippen LogP contribution is 2.37. The van der Waals surface area contributed by atoms with Gasteiger partial charge in [-0.2, -0.15) is 16.3 Å². The summed E-state index contributed by atoms with van der Waals surface area (Å²) in [4.78, 5) is 19.4. The summed E-state index contributed by atoms with van der Waals surface area (Å²) in [5, 5.41) is 8.03. The van der Waals surface area contributed by atoms with Crippen molar-refractivity contribution in [2.24, 2.45) is 0 Å². The lowest BCUT2D eigenvalue weighted by Gasteiger charge is -2.40. The molecule has 4 rings (SSSR count). The van der Waals surface area contributed by atoms with Crippen LogP contribution in [0.3, 0.4) is 0 Å². The molecule has 1 aliphatic rings. The van der Waals surface area contributed by atoms with Gasteiger partial charge in [0.2, 0.25) is 0 Å². The first kappa shape index (κ1) is 19.7. The molecule has 1 amide bonds. The number of hydrogen-bond acceptors (Lipinski definition) is 6. The molecule has 3 heterocycles. The highest BCUT2D eigenvalue weighted by atomic mass is 32.1. The van der Waals surface area contributed by atoms with E-state index in [9.17, 15) is 9.18 Å². The summed E-state index contributed by atoms with van der Waals surface area (Å²) >= 11 is 1.51. The van der Waals surface area contributed by atoms with Crippen LogP contribution in [0.25, 0.3) is 11.5 Å². The summed E-state index contributed by atoms with van der Waals surface area (Å²) in [6.45, 7) is 1.74. The van der Waals surface area contributed by atoms with E-state index >= 15 is 0 Å². The Morgan fingerprint density at radius 1 is 1.34 bits per heavy atom. The normalized spacial score (nSPS) is 19.4. The Hall–Kier alpha value is -2.58. The molecule has 0 saturated carbocycles. The molecule has 1 aromatic carbocycles. The molecule has 0 bridgehead atoms. The minimum Gasteiger partial charge on any atom is -0.385 e. The molecule has 1 aliphatic heterocycles. The van der Waals surface area contributed by atoms with Gasteiger partial charge in [-0.1, -0.05) is 5.16 Å². The van der Waals surface area contributed by atoms with Crippen LogP contribution in [-0.4, -0.2) is 47.8 Å². The maximum atomic E-state index is 13.2. The van der Waals surface area contributed by atoms with Crippen molar-refractivity contribution in [3.05, 3.63) is 58.3 Å². The molecule has 1 unspecified atom stereocenters. The fourth-order valence-corrected chi connectivity index (χ4v) is 4.45. The number of carbonyl (C=O) groups excluding carboxylic acids is 1. The van der Waals surface area contributed by atoms with Gasteiger partial charge >= 0.3 is 0 Å². The number of rotatable bonds is 6. The van der Waals surface area contributed by atoms with E-state index in [1.54, 1.807) is 19.2 Å². The zero-order valence-electron chi connectivity index (χ0n) is 16.1. The minimum atomic E-state index is -0.443. The van der Waals surface area contributed by atoms with E-state index in [0.717, 1.165) is 12.8 Å². The third-order valence-electron chi connectivity index (χ3n) is 5.41. The standard InChI is InChI=1S/C21H22FN3O3S/c1-27-11-9-21(8-2-10-25(14-21)19(26)16-7-12-29-13-16)20-23-18(28-24-20)15-3-5-17(22)6-4-15/h3-7,12-13H,2,8-11,14H2,1H3. The second-order valence-electron chi connectivity index (χ2n) is 7.30. The number of nitrogens with zero attached hydrogens (tertiary/aromatic N) is 3. The smallest absolute Gasteiger partial charge is 0.257 e. The maximum absolute atomic E-state index is 13.2. The first-order valence-corrected chi connectivity index (χ1v) is 10.5. The molecule has 0 aliphatic carbocycles. The number of piperidine rings is 1. The molecule has 2 aromatic heterocycles. The van der Waals surface area contributed by atoms with Gasteiger partial charge < -0.3 is 14.2 Å². The van der Waals surface area contributed by atoms with E-state index in [0.29, 0.717) is 49.0 Å². The lowest BCUT2D eigenvalue weighted by Crippen LogP contribution is -2.49.